The summed E-state index contributed by atoms with van der Waals surface area (Å²) in [6.07, 6.45) is 0. The van der Waals surface area contributed by atoms with Crippen LogP contribution >= 0.6 is 11.6 Å². The van der Waals surface area contributed by atoms with E-state index in [0.29, 0.717) is 10.6 Å². The van der Waals surface area contributed by atoms with E-state index in [4.69, 9.17) is 11.6 Å². The minimum atomic E-state index is -0.139. The summed E-state index contributed by atoms with van der Waals surface area (Å²) < 4.78 is 0. The van der Waals surface area contributed by atoms with E-state index in [-0.39, 0.29) is 5.91 Å². The second kappa shape index (κ2) is 5.49. The Kier molecular flexibility index (Phi) is 3.99. The van der Waals surface area contributed by atoms with Crippen molar-refractivity contribution in [2.24, 2.45) is 0 Å². The van der Waals surface area contributed by atoms with Crippen LogP contribution in [0.25, 0.3) is 0 Å². The summed E-state index contributed by atoms with van der Waals surface area (Å²) in [5.74, 6) is -0.139. The summed E-state index contributed by atoms with van der Waals surface area (Å²) in [6, 6.07) is 7.08. The van der Waals surface area contributed by atoms with E-state index in [9.17, 15) is 4.79 Å². The van der Waals surface area contributed by atoms with Crippen LogP contribution in [-0.2, 0) is 0 Å². The Hall–Kier alpha value is -1.10. The highest BCUT2D eigenvalue weighted by Crippen LogP contribution is 2.14. The second-order valence-corrected chi connectivity index (χ2v) is 4.62. The molecule has 1 aromatic carbocycles. The molecule has 1 saturated heterocycles. The zero-order valence-electron chi connectivity index (χ0n) is 9.82. The second-order valence-electron chi connectivity index (χ2n) is 4.21. The maximum absolute atomic E-state index is 12.0. The maximum Gasteiger partial charge on any atom is 0.267 e. The molecule has 1 aliphatic rings. The highest BCUT2D eigenvalue weighted by molar-refractivity contribution is 6.33. The fourth-order valence-electron chi connectivity index (χ4n) is 1.77. The van der Waals surface area contributed by atoms with Crippen molar-refractivity contribution < 1.29 is 4.79 Å². The number of rotatable bonds is 2. The lowest BCUT2D eigenvalue weighted by atomic mass is 10.2. The van der Waals surface area contributed by atoms with Gasteiger partial charge in [-0.1, -0.05) is 23.7 Å². The molecule has 0 bridgehead atoms. The topological polar surface area (TPSA) is 35.6 Å². The largest absolute Gasteiger partial charge is 0.304 e. The third kappa shape index (κ3) is 3.19. The molecule has 0 radical (unpaired) electrons. The first-order valence-electron chi connectivity index (χ1n) is 5.66. The molecule has 0 spiro atoms. The van der Waals surface area contributed by atoms with Crippen LogP contribution in [0.5, 0.6) is 0 Å². The van der Waals surface area contributed by atoms with E-state index in [0.717, 1.165) is 26.2 Å². The van der Waals surface area contributed by atoms with Crippen molar-refractivity contribution in [3.63, 3.8) is 0 Å². The van der Waals surface area contributed by atoms with Crippen molar-refractivity contribution in [3.8, 4) is 0 Å². The number of hydrogen-bond donors (Lipinski definition) is 1. The molecule has 0 aromatic heterocycles. The minimum Gasteiger partial charge on any atom is -0.304 e. The van der Waals surface area contributed by atoms with E-state index in [1.165, 1.54) is 0 Å². The quantitative estimate of drug-likeness (QED) is 0.861. The number of halogens is 1. The lowest BCUT2D eigenvalue weighted by Gasteiger charge is -2.32. The molecule has 0 saturated carbocycles. The average molecular weight is 254 g/mol. The normalized spacial score (nSPS) is 18.0. The van der Waals surface area contributed by atoms with Gasteiger partial charge < -0.3 is 4.90 Å². The molecule has 1 fully saturated rings. The third-order valence-corrected chi connectivity index (χ3v) is 3.21. The molecule has 5 heteroatoms. The summed E-state index contributed by atoms with van der Waals surface area (Å²) in [7, 11) is 2.08. The molecule has 1 aromatic rings. The van der Waals surface area contributed by atoms with Crippen LogP contribution in [0.15, 0.2) is 24.3 Å². The van der Waals surface area contributed by atoms with Crippen molar-refractivity contribution in [1.82, 2.24) is 15.3 Å². The Morgan fingerprint density at radius 3 is 2.53 bits per heavy atom. The van der Waals surface area contributed by atoms with Crippen LogP contribution < -0.4 is 5.43 Å². The Bertz CT molecular complexity index is 402. The number of benzene rings is 1. The zero-order chi connectivity index (χ0) is 12.3. The maximum atomic E-state index is 12.0. The number of likely N-dealkylation sites (N-methyl/N-ethyl adjacent to an activating group) is 1. The van der Waals surface area contributed by atoms with Crippen LogP contribution in [0.2, 0.25) is 5.02 Å². The Morgan fingerprint density at radius 1 is 1.24 bits per heavy atom. The predicted molar refractivity (Wildman–Crippen MR) is 68.0 cm³/mol. The molecule has 92 valence electrons. The first-order valence-corrected chi connectivity index (χ1v) is 6.03. The van der Waals surface area contributed by atoms with Gasteiger partial charge in [-0.2, -0.15) is 0 Å². The molecule has 4 nitrogen and oxygen atoms in total. The lowest BCUT2D eigenvalue weighted by Crippen LogP contribution is -2.52. The van der Waals surface area contributed by atoms with Gasteiger partial charge in [-0.05, 0) is 19.2 Å². The van der Waals surface area contributed by atoms with Crippen LogP contribution in [-0.4, -0.2) is 49.0 Å². The van der Waals surface area contributed by atoms with Gasteiger partial charge in [-0.25, -0.2) is 5.01 Å². The molecular weight excluding hydrogens is 238 g/mol. The van der Waals surface area contributed by atoms with Crippen molar-refractivity contribution in [3.05, 3.63) is 34.9 Å². The van der Waals surface area contributed by atoms with Gasteiger partial charge in [-0.15, -0.1) is 0 Å². The van der Waals surface area contributed by atoms with Gasteiger partial charge in [0, 0.05) is 26.2 Å². The Morgan fingerprint density at radius 2 is 1.88 bits per heavy atom. The zero-order valence-corrected chi connectivity index (χ0v) is 10.6. The van der Waals surface area contributed by atoms with Crippen LogP contribution in [0, 0.1) is 0 Å². The van der Waals surface area contributed by atoms with E-state index in [1.807, 2.05) is 17.1 Å². The fraction of sp³-hybridized carbons (Fsp3) is 0.417. The van der Waals surface area contributed by atoms with Crippen LogP contribution in [0.3, 0.4) is 0 Å². The molecule has 1 heterocycles. The van der Waals surface area contributed by atoms with Gasteiger partial charge in [0.15, 0.2) is 0 Å². The number of piperazine rings is 1. The molecule has 1 N–H and O–H groups in total. The van der Waals surface area contributed by atoms with Crippen LogP contribution in [0.4, 0.5) is 0 Å². The van der Waals surface area contributed by atoms with Crippen molar-refractivity contribution in [2.45, 2.75) is 0 Å². The number of carbonyl (C=O) groups is 1. The number of hydrogen-bond acceptors (Lipinski definition) is 3. The first kappa shape index (κ1) is 12.4. The molecule has 2 rings (SSSR count). The summed E-state index contributed by atoms with van der Waals surface area (Å²) in [5.41, 5.74) is 3.40. The lowest BCUT2D eigenvalue weighted by molar-refractivity contribution is 0.0662. The molecule has 17 heavy (non-hydrogen) atoms. The molecule has 0 unspecified atom stereocenters. The van der Waals surface area contributed by atoms with Gasteiger partial charge in [0.1, 0.15) is 0 Å². The van der Waals surface area contributed by atoms with E-state index in [1.54, 1.807) is 12.1 Å². The van der Waals surface area contributed by atoms with Gasteiger partial charge in [-0.3, -0.25) is 10.2 Å². The number of nitrogens with zero attached hydrogens (tertiary/aromatic N) is 2. The highest BCUT2D eigenvalue weighted by atomic mass is 35.5. The van der Waals surface area contributed by atoms with Crippen LogP contribution in [0.1, 0.15) is 10.4 Å². The molecule has 1 aliphatic heterocycles. The standard InChI is InChI=1S/C12H16ClN3O/c1-15-6-8-16(9-7-15)14-12(17)10-4-2-3-5-11(10)13/h2-5H,6-9H2,1H3,(H,14,17). The summed E-state index contributed by atoms with van der Waals surface area (Å²) in [4.78, 5) is 14.2. The third-order valence-electron chi connectivity index (χ3n) is 2.88. The van der Waals surface area contributed by atoms with E-state index in [2.05, 4.69) is 17.4 Å². The molecule has 1 amide bonds. The highest BCUT2D eigenvalue weighted by Gasteiger charge is 2.17. The van der Waals surface area contributed by atoms with Crippen molar-refractivity contribution in [1.29, 1.82) is 0 Å². The van der Waals surface area contributed by atoms with E-state index >= 15 is 0 Å². The number of amides is 1. The van der Waals surface area contributed by atoms with Gasteiger partial charge in [0.05, 0.1) is 10.6 Å². The first-order chi connectivity index (χ1) is 8.16. The fourth-order valence-corrected chi connectivity index (χ4v) is 1.99. The summed E-state index contributed by atoms with van der Waals surface area (Å²) in [5, 5.41) is 2.42. The van der Waals surface area contributed by atoms with Crippen molar-refractivity contribution in [2.75, 3.05) is 33.2 Å². The summed E-state index contributed by atoms with van der Waals surface area (Å²) >= 11 is 5.97. The number of nitrogens with one attached hydrogen (secondary N) is 1. The number of hydrazine groups is 1. The van der Waals surface area contributed by atoms with Gasteiger partial charge in [0.25, 0.3) is 5.91 Å². The average Bonchev–Trinajstić information content (AvgIpc) is 2.32. The molecule has 0 atom stereocenters. The monoisotopic (exact) mass is 253 g/mol. The van der Waals surface area contributed by atoms with E-state index < -0.39 is 0 Å². The Balaban J connectivity index is 1.96. The minimum absolute atomic E-state index is 0.139. The molecule has 0 aliphatic carbocycles. The predicted octanol–water partition coefficient (Wildman–Crippen LogP) is 1.23. The number of carbonyl (C=O) groups excluding carboxylic acids is 1. The Labute approximate surface area is 106 Å². The summed E-state index contributed by atoms with van der Waals surface area (Å²) in [6.45, 7) is 3.60. The van der Waals surface area contributed by atoms with Crippen molar-refractivity contribution >= 4 is 17.5 Å². The SMILES string of the molecule is CN1CCN(NC(=O)c2ccccc2Cl)CC1. The van der Waals surface area contributed by atoms with Gasteiger partial charge >= 0.3 is 0 Å². The molecular formula is C12H16ClN3O. The smallest absolute Gasteiger partial charge is 0.267 e. The van der Waals surface area contributed by atoms with Gasteiger partial charge in [0.2, 0.25) is 0 Å².